The van der Waals surface area contributed by atoms with Gasteiger partial charge < -0.3 is 5.11 Å². The zero-order chi connectivity index (χ0) is 20.5. The van der Waals surface area contributed by atoms with Gasteiger partial charge in [0.05, 0.1) is 5.70 Å². The van der Waals surface area contributed by atoms with Crippen LogP contribution in [-0.4, -0.2) is 31.5 Å². The summed E-state index contributed by atoms with van der Waals surface area (Å²) < 4.78 is 0. The van der Waals surface area contributed by atoms with Crippen LogP contribution in [0.1, 0.15) is 60.8 Å². The second-order valence-corrected chi connectivity index (χ2v) is 10.5. The number of benzene rings is 1. The average molecular weight is 400 g/mol. The lowest BCUT2D eigenvalue weighted by atomic mass is 9.73. The van der Waals surface area contributed by atoms with Crippen molar-refractivity contribution in [2.75, 3.05) is 0 Å². The maximum atomic E-state index is 11.0. The molecule has 3 rings (SSSR count). The summed E-state index contributed by atoms with van der Waals surface area (Å²) >= 11 is 1.90. The molecule has 0 saturated heterocycles. The third kappa shape index (κ3) is 4.69. The van der Waals surface area contributed by atoms with E-state index in [4.69, 9.17) is 5.10 Å². The van der Waals surface area contributed by atoms with Crippen LogP contribution < -0.4 is 0 Å². The van der Waals surface area contributed by atoms with Crippen LogP contribution >= 0.6 is 11.8 Å². The summed E-state index contributed by atoms with van der Waals surface area (Å²) in [5.74, 6) is 0.0344. The third-order valence-corrected chi connectivity index (χ3v) is 6.51. The Labute approximate surface area is 173 Å². The number of thioether (sulfide) groups is 1. The van der Waals surface area contributed by atoms with Gasteiger partial charge in [-0.2, -0.15) is 4.80 Å². The van der Waals surface area contributed by atoms with Gasteiger partial charge >= 0.3 is 0 Å². The monoisotopic (exact) mass is 399 g/mol. The molecule has 3 unspecified atom stereocenters. The van der Waals surface area contributed by atoms with Gasteiger partial charge in [-0.15, -0.1) is 22.0 Å². The quantitative estimate of drug-likeness (QED) is 0.612. The van der Waals surface area contributed by atoms with Crippen molar-refractivity contribution < 1.29 is 5.11 Å². The molecule has 152 valence electrons. The van der Waals surface area contributed by atoms with E-state index in [1.807, 2.05) is 23.9 Å². The second kappa shape index (κ2) is 8.42. The summed E-state index contributed by atoms with van der Waals surface area (Å²) in [4.78, 5) is 2.85. The number of nitrogens with zero attached hydrogens (tertiary/aromatic N) is 3. The van der Waals surface area contributed by atoms with E-state index in [0.29, 0.717) is 5.25 Å². The van der Waals surface area contributed by atoms with Crippen LogP contribution in [0.2, 0.25) is 0 Å². The minimum atomic E-state index is -0.617. The van der Waals surface area contributed by atoms with Crippen LogP contribution in [0.15, 0.2) is 40.8 Å². The molecule has 1 heterocycles. The molecule has 0 aliphatic heterocycles. The first kappa shape index (κ1) is 21.1. The lowest BCUT2D eigenvalue weighted by Crippen LogP contribution is -2.35. The number of hydrogen-bond acceptors (Lipinski definition) is 4. The Balaban J connectivity index is 1.87. The van der Waals surface area contributed by atoms with Gasteiger partial charge in [-0.05, 0) is 43.0 Å². The highest BCUT2D eigenvalue weighted by Gasteiger charge is 2.35. The fraction of sp³-hybridized carbons (Fsp3) is 0.565. The van der Waals surface area contributed by atoms with Crippen molar-refractivity contribution in [3.05, 3.63) is 35.9 Å². The number of hydrogen-bond donors (Lipinski definition) is 1. The van der Waals surface area contributed by atoms with Crippen LogP contribution in [0.3, 0.4) is 0 Å². The van der Waals surface area contributed by atoms with Gasteiger partial charge in [-0.1, -0.05) is 59.1 Å². The first-order valence-electron chi connectivity index (χ1n) is 10.3. The predicted octanol–water partition coefficient (Wildman–Crippen LogP) is 5.93. The second-order valence-electron chi connectivity index (χ2n) is 9.03. The van der Waals surface area contributed by atoms with E-state index in [-0.39, 0.29) is 11.3 Å². The molecular formula is C23H33N3OS. The molecular weight excluding hydrogens is 366 g/mol. The molecule has 1 N–H and O–H groups in total. The highest BCUT2D eigenvalue weighted by atomic mass is 32.2. The third-order valence-electron chi connectivity index (χ3n) is 5.35. The molecule has 0 fully saturated rings. The van der Waals surface area contributed by atoms with Crippen molar-refractivity contribution in [3.63, 3.8) is 0 Å². The smallest absolute Gasteiger partial charge is 0.114 e. The fourth-order valence-electron chi connectivity index (χ4n) is 3.69. The number of aromatic nitrogens is 3. The molecule has 1 aromatic heterocycles. The summed E-state index contributed by atoms with van der Waals surface area (Å²) in [6, 6.07) is 6.28. The molecule has 5 heteroatoms. The van der Waals surface area contributed by atoms with E-state index in [9.17, 15) is 5.11 Å². The van der Waals surface area contributed by atoms with Gasteiger partial charge in [0, 0.05) is 16.1 Å². The molecule has 1 aromatic carbocycles. The van der Waals surface area contributed by atoms with Crippen molar-refractivity contribution in [3.8, 4) is 0 Å². The average Bonchev–Trinajstić information content (AvgIpc) is 3.03. The van der Waals surface area contributed by atoms with E-state index in [0.717, 1.165) is 22.3 Å². The van der Waals surface area contributed by atoms with Gasteiger partial charge in [0.1, 0.15) is 17.1 Å². The first-order valence-corrected chi connectivity index (χ1v) is 11.2. The minimum Gasteiger partial charge on any atom is -0.386 e. The Kier molecular flexibility index (Phi) is 6.35. The van der Waals surface area contributed by atoms with E-state index < -0.39 is 6.10 Å². The van der Waals surface area contributed by atoms with Gasteiger partial charge in [0.2, 0.25) is 0 Å². The number of fused-ring (bicyclic) bond motifs is 1. The van der Waals surface area contributed by atoms with Crippen LogP contribution in [0.25, 0.3) is 16.7 Å². The molecule has 2 aromatic rings. The number of allylic oxidation sites excluding steroid dienone is 2. The highest BCUT2D eigenvalue weighted by Crippen LogP contribution is 2.38. The fourth-order valence-corrected chi connectivity index (χ4v) is 4.77. The lowest BCUT2D eigenvalue weighted by Gasteiger charge is -2.35. The molecule has 0 radical (unpaired) electrons. The molecule has 1 aliphatic rings. The molecule has 28 heavy (non-hydrogen) atoms. The first-order chi connectivity index (χ1) is 13.2. The van der Waals surface area contributed by atoms with Crippen molar-refractivity contribution in [1.29, 1.82) is 0 Å². The maximum Gasteiger partial charge on any atom is 0.114 e. The standard InChI is InChI=1S/C23H33N3OS/c1-7-8-9-16(3)28-17-10-11-19-20(14-17)25-26(24-19)21-13-15(2)12-18(22(21)27)23(4,5)6/h10-14,16,18,22,27H,7-9H2,1-6H3. The number of rotatable bonds is 6. The van der Waals surface area contributed by atoms with Crippen LogP contribution in [0.5, 0.6) is 0 Å². The normalized spacial score (nSPS) is 21.5. The molecule has 0 saturated carbocycles. The Morgan fingerprint density at radius 3 is 2.61 bits per heavy atom. The molecule has 0 bridgehead atoms. The van der Waals surface area contributed by atoms with Crippen molar-refractivity contribution in [2.24, 2.45) is 11.3 Å². The zero-order valence-electron chi connectivity index (χ0n) is 17.9. The van der Waals surface area contributed by atoms with Gasteiger partial charge in [-0.25, -0.2) is 0 Å². The summed E-state index contributed by atoms with van der Waals surface area (Å²) in [5.41, 5.74) is 3.59. The van der Waals surface area contributed by atoms with E-state index >= 15 is 0 Å². The lowest BCUT2D eigenvalue weighted by molar-refractivity contribution is 0.108. The van der Waals surface area contributed by atoms with Crippen LogP contribution in [0.4, 0.5) is 0 Å². The SMILES string of the molecule is CCCCC(C)Sc1ccc2nn(C3=CC(C)=CC(C(C)(C)C)C3O)nc2c1. The van der Waals surface area contributed by atoms with Crippen molar-refractivity contribution in [2.45, 2.75) is 77.1 Å². The number of aliphatic hydroxyl groups excluding tert-OH is 1. The Hall–Kier alpha value is -1.59. The van der Waals surface area contributed by atoms with E-state index in [1.54, 1.807) is 4.80 Å². The number of aliphatic hydroxyl groups is 1. The largest absolute Gasteiger partial charge is 0.386 e. The molecule has 1 aliphatic carbocycles. The van der Waals surface area contributed by atoms with Crippen LogP contribution in [0, 0.1) is 11.3 Å². The Bertz CT molecular complexity index is 891. The van der Waals surface area contributed by atoms with Crippen LogP contribution in [-0.2, 0) is 0 Å². The topological polar surface area (TPSA) is 50.9 Å². The summed E-state index contributed by atoms with van der Waals surface area (Å²) in [7, 11) is 0. The maximum absolute atomic E-state index is 11.0. The Morgan fingerprint density at radius 2 is 1.93 bits per heavy atom. The van der Waals surface area contributed by atoms with Gasteiger partial charge in [-0.3, -0.25) is 0 Å². The van der Waals surface area contributed by atoms with Crippen molar-refractivity contribution in [1.82, 2.24) is 15.0 Å². The van der Waals surface area contributed by atoms with Crippen molar-refractivity contribution >= 4 is 28.5 Å². The zero-order valence-corrected chi connectivity index (χ0v) is 18.8. The van der Waals surface area contributed by atoms with Gasteiger partial charge in [0.25, 0.3) is 0 Å². The highest BCUT2D eigenvalue weighted by molar-refractivity contribution is 8.00. The summed E-state index contributed by atoms with van der Waals surface area (Å²) in [6.07, 6.45) is 7.26. The summed E-state index contributed by atoms with van der Waals surface area (Å²) in [6.45, 7) is 13.1. The molecule has 0 spiro atoms. The predicted molar refractivity (Wildman–Crippen MR) is 119 cm³/mol. The van der Waals surface area contributed by atoms with E-state index in [1.165, 1.54) is 24.2 Å². The minimum absolute atomic E-state index is 0.0344. The number of unbranched alkanes of at least 4 members (excludes halogenated alkanes) is 1. The Morgan fingerprint density at radius 1 is 1.21 bits per heavy atom. The van der Waals surface area contributed by atoms with Gasteiger partial charge in [0.15, 0.2) is 0 Å². The molecule has 4 nitrogen and oxygen atoms in total. The van der Waals surface area contributed by atoms with E-state index in [2.05, 4.69) is 64.8 Å². The molecule has 3 atom stereocenters. The summed E-state index contributed by atoms with van der Waals surface area (Å²) in [5, 5.41) is 20.9. The molecule has 0 amide bonds.